The number of thioether (sulfide) groups is 1. The molecule has 3 heterocycles. The zero-order valence-corrected chi connectivity index (χ0v) is 19.0. The lowest BCUT2D eigenvalue weighted by Gasteiger charge is -2.26. The number of urea groups is 1. The molecular weight excluding hydrogens is 426 g/mol. The Labute approximate surface area is 192 Å². The van der Waals surface area contributed by atoms with Crippen molar-refractivity contribution in [2.24, 2.45) is 4.99 Å². The lowest BCUT2D eigenvalue weighted by atomic mass is 10.3. The van der Waals surface area contributed by atoms with Gasteiger partial charge in [-0.05, 0) is 43.5 Å². The number of nitrogens with zero attached hydrogens (tertiary/aromatic N) is 4. The van der Waals surface area contributed by atoms with Gasteiger partial charge in [0.05, 0.1) is 13.2 Å². The third-order valence-electron chi connectivity index (χ3n) is 4.67. The van der Waals surface area contributed by atoms with E-state index in [0.29, 0.717) is 11.6 Å². The summed E-state index contributed by atoms with van der Waals surface area (Å²) in [6, 6.07) is 8.70. The molecule has 2 amide bonds. The molecule has 170 valence electrons. The van der Waals surface area contributed by atoms with Crippen LogP contribution in [0.5, 0.6) is 0 Å². The van der Waals surface area contributed by atoms with Gasteiger partial charge in [-0.15, -0.1) is 11.8 Å². The molecule has 0 aromatic carbocycles. The van der Waals surface area contributed by atoms with Gasteiger partial charge >= 0.3 is 6.03 Å². The van der Waals surface area contributed by atoms with Gasteiger partial charge in [0.25, 0.3) is 0 Å². The normalized spacial score (nSPS) is 14.6. The van der Waals surface area contributed by atoms with Gasteiger partial charge < -0.3 is 10.1 Å². The lowest BCUT2D eigenvalue weighted by Crippen LogP contribution is -2.37. The number of amides is 2. The molecule has 0 atom stereocenters. The minimum atomic E-state index is -0.453. The zero-order valence-electron chi connectivity index (χ0n) is 18.2. The third-order valence-corrected chi connectivity index (χ3v) is 5.38. The fourth-order valence-electron chi connectivity index (χ4n) is 3.10. The number of rotatable bonds is 9. The van der Waals surface area contributed by atoms with Crippen molar-refractivity contribution in [3.05, 3.63) is 60.7 Å². The molecule has 0 radical (unpaired) electrons. The highest BCUT2D eigenvalue weighted by atomic mass is 32.2. The van der Waals surface area contributed by atoms with Crippen molar-refractivity contribution in [1.82, 2.24) is 20.2 Å². The fourth-order valence-corrected chi connectivity index (χ4v) is 3.67. The van der Waals surface area contributed by atoms with Crippen LogP contribution in [-0.2, 0) is 4.74 Å². The van der Waals surface area contributed by atoms with Gasteiger partial charge in [-0.1, -0.05) is 12.6 Å². The smallest absolute Gasteiger partial charge is 0.326 e. The summed E-state index contributed by atoms with van der Waals surface area (Å²) < 4.78 is 5.37. The summed E-state index contributed by atoms with van der Waals surface area (Å²) in [5, 5.41) is 9.39. The van der Waals surface area contributed by atoms with Crippen LogP contribution in [0.1, 0.15) is 12.0 Å². The first-order valence-electron chi connectivity index (χ1n) is 10.4. The molecule has 1 aliphatic heterocycles. The Bertz CT molecular complexity index is 918. The van der Waals surface area contributed by atoms with Gasteiger partial charge in [-0.2, -0.15) is 0 Å². The number of carbonyl (C=O) groups excluding carboxylic acids is 1. The fraction of sp³-hybridized carbons (Fsp3) is 0.364. The van der Waals surface area contributed by atoms with E-state index in [0.717, 1.165) is 56.4 Å². The van der Waals surface area contributed by atoms with Crippen LogP contribution in [-0.4, -0.2) is 71.6 Å². The quantitative estimate of drug-likeness (QED) is 0.303. The molecule has 32 heavy (non-hydrogen) atoms. The van der Waals surface area contributed by atoms with Gasteiger partial charge in [-0.3, -0.25) is 20.5 Å². The molecule has 3 rings (SSSR count). The molecule has 1 fully saturated rings. The molecule has 1 saturated heterocycles. The van der Waals surface area contributed by atoms with Crippen LogP contribution in [0.4, 0.5) is 16.4 Å². The SMILES string of the molecule is C=C(/N=C(\SC)c1ccncc1)NC(=O)Nc1cccc(NCCCN2CCOCC2)n1. The van der Waals surface area contributed by atoms with Crippen molar-refractivity contribution in [1.29, 1.82) is 0 Å². The van der Waals surface area contributed by atoms with E-state index >= 15 is 0 Å². The summed E-state index contributed by atoms with van der Waals surface area (Å²) in [4.78, 5) is 27.6. The standard InChI is InChI=1S/C22H29N7O2S/c1-17(25-21(32-2)18-7-10-23-11-8-18)26-22(30)28-20-6-3-5-19(27-20)24-9-4-12-29-13-15-31-16-14-29/h3,5-8,10-11H,1,4,9,12-16H2,2H3,(H3,24,26,27,28,30)/b25-21-. The van der Waals surface area contributed by atoms with Crippen molar-refractivity contribution in [3.63, 3.8) is 0 Å². The van der Waals surface area contributed by atoms with Gasteiger partial charge in [0, 0.05) is 37.6 Å². The zero-order chi connectivity index (χ0) is 22.6. The van der Waals surface area contributed by atoms with E-state index in [9.17, 15) is 4.79 Å². The molecule has 0 aliphatic carbocycles. The van der Waals surface area contributed by atoms with E-state index in [-0.39, 0.29) is 5.82 Å². The number of aliphatic imine (C=N–C) groups is 1. The molecule has 0 unspecified atom stereocenters. The van der Waals surface area contributed by atoms with E-state index in [2.05, 4.69) is 42.4 Å². The van der Waals surface area contributed by atoms with Crippen molar-refractivity contribution in [2.75, 3.05) is 56.3 Å². The van der Waals surface area contributed by atoms with Gasteiger partial charge in [0.15, 0.2) is 0 Å². The van der Waals surface area contributed by atoms with E-state index < -0.39 is 6.03 Å². The highest BCUT2D eigenvalue weighted by molar-refractivity contribution is 8.13. The predicted octanol–water partition coefficient (Wildman–Crippen LogP) is 3.01. The second-order valence-electron chi connectivity index (χ2n) is 7.03. The maximum absolute atomic E-state index is 12.3. The van der Waals surface area contributed by atoms with Crippen LogP contribution in [0.3, 0.4) is 0 Å². The summed E-state index contributed by atoms with van der Waals surface area (Å²) in [5.41, 5.74) is 0.907. The summed E-state index contributed by atoms with van der Waals surface area (Å²) in [7, 11) is 0. The number of ether oxygens (including phenoxy) is 1. The number of pyridine rings is 2. The summed E-state index contributed by atoms with van der Waals surface area (Å²) >= 11 is 1.46. The van der Waals surface area contributed by atoms with Gasteiger partial charge in [0.1, 0.15) is 22.5 Å². The predicted molar refractivity (Wildman–Crippen MR) is 130 cm³/mol. The maximum atomic E-state index is 12.3. The van der Waals surface area contributed by atoms with E-state index in [1.165, 1.54) is 11.8 Å². The maximum Gasteiger partial charge on any atom is 0.326 e. The molecule has 2 aromatic rings. The first-order valence-corrected chi connectivity index (χ1v) is 11.7. The van der Waals surface area contributed by atoms with E-state index in [1.807, 2.05) is 30.5 Å². The number of carbonyl (C=O) groups is 1. The molecule has 0 saturated carbocycles. The van der Waals surface area contributed by atoms with Crippen LogP contribution < -0.4 is 16.0 Å². The molecule has 10 heteroatoms. The molecule has 0 bridgehead atoms. The van der Waals surface area contributed by atoms with Crippen molar-refractivity contribution >= 4 is 34.5 Å². The Kier molecular flexibility index (Phi) is 9.48. The van der Waals surface area contributed by atoms with Crippen LogP contribution in [0.2, 0.25) is 0 Å². The molecule has 1 aliphatic rings. The first-order chi connectivity index (χ1) is 15.6. The van der Waals surface area contributed by atoms with Crippen LogP contribution >= 0.6 is 11.8 Å². The first kappa shape index (κ1) is 23.7. The topological polar surface area (TPSA) is 104 Å². The second-order valence-corrected chi connectivity index (χ2v) is 7.82. The van der Waals surface area contributed by atoms with E-state index in [1.54, 1.807) is 18.5 Å². The van der Waals surface area contributed by atoms with Crippen LogP contribution in [0.25, 0.3) is 0 Å². The summed E-state index contributed by atoms with van der Waals surface area (Å²) in [5.74, 6) is 1.39. The van der Waals surface area contributed by atoms with Gasteiger partial charge in [0.2, 0.25) is 0 Å². The second kappa shape index (κ2) is 12.8. The Morgan fingerprint density at radius 3 is 2.72 bits per heavy atom. The summed E-state index contributed by atoms with van der Waals surface area (Å²) in [6.45, 7) is 9.25. The summed E-state index contributed by atoms with van der Waals surface area (Å²) in [6.07, 6.45) is 6.31. The Balaban J connectivity index is 1.45. The number of anilines is 2. The minimum Gasteiger partial charge on any atom is -0.379 e. The number of hydrogen-bond acceptors (Lipinski definition) is 8. The van der Waals surface area contributed by atoms with Crippen molar-refractivity contribution < 1.29 is 9.53 Å². The van der Waals surface area contributed by atoms with Crippen LogP contribution in [0.15, 0.2) is 60.1 Å². The molecule has 2 aromatic heterocycles. The highest BCUT2D eigenvalue weighted by Crippen LogP contribution is 2.12. The lowest BCUT2D eigenvalue weighted by molar-refractivity contribution is 0.0378. The Morgan fingerprint density at radius 1 is 1.22 bits per heavy atom. The molecule has 9 nitrogen and oxygen atoms in total. The monoisotopic (exact) mass is 455 g/mol. The molecular formula is C22H29N7O2S. The number of morpholine rings is 1. The molecule has 0 spiro atoms. The average Bonchev–Trinajstić information content (AvgIpc) is 2.81. The largest absolute Gasteiger partial charge is 0.379 e. The number of hydrogen-bond donors (Lipinski definition) is 3. The number of nitrogens with one attached hydrogen (secondary N) is 3. The van der Waals surface area contributed by atoms with Crippen LogP contribution in [0, 0.1) is 0 Å². The minimum absolute atomic E-state index is 0.237. The number of aromatic nitrogens is 2. The van der Waals surface area contributed by atoms with E-state index in [4.69, 9.17) is 4.74 Å². The average molecular weight is 456 g/mol. The molecule has 3 N–H and O–H groups in total. The third kappa shape index (κ3) is 7.95. The highest BCUT2D eigenvalue weighted by Gasteiger charge is 2.10. The Hall–Kier alpha value is -2.95. The van der Waals surface area contributed by atoms with Crippen molar-refractivity contribution in [3.8, 4) is 0 Å². The Morgan fingerprint density at radius 2 is 1.97 bits per heavy atom. The van der Waals surface area contributed by atoms with Crippen molar-refractivity contribution in [2.45, 2.75) is 6.42 Å². The van der Waals surface area contributed by atoms with Gasteiger partial charge in [-0.25, -0.2) is 14.8 Å².